The number of nitrogen functional groups attached to an aromatic ring is 1. The topological polar surface area (TPSA) is 65.2 Å². The van der Waals surface area contributed by atoms with Crippen LogP contribution in [0.3, 0.4) is 0 Å². The molecule has 4 nitrogen and oxygen atoms in total. The molecule has 0 radical (unpaired) electrons. The van der Waals surface area contributed by atoms with Crippen molar-refractivity contribution in [3.8, 4) is 0 Å². The Kier molecular flexibility index (Phi) is 4.42. The third-order valence-corrected chi connectivity index (χ3v) is 3.03. The molecule has 0 aliphatic heterocycles. The Morgan fingerprint density at radius 2 is 1.90 bits per heavy atom. The van der Waals surface area contributed by atoms with Crippen molar-refractivity contribution in [1.82, 2.24) is 4.98 Å². The average molecular weight is 315 g/mol. The second kappa shape index (κ2) is 6.07. The number of carbonyl (C=O) groups excluding carboxylic acids is 1. The maximum atomic E-state index is 13.5. The van der Waals surface area contributed by atoms with E-state index in [1.165, 1.54) is 0 Å². The molecule has 1 aromatic carbocycles. The van der Waals surface area contributed by atoms with Crippen molar-refractivity contribution in [3.63, 3.8) is 0 Å². The first-order valence-electron chi connectivity index (χ1n) is 5.51. The van der Waals surface area contributed by atoms with Crippen molar-refractivity contribution in [3.05, 3.63) is 57.6 Å². The van der Waals surface area contributed by atoms with E-state index in [0.717, 1.165) is 5.56 Å². The van der Waals surface area contributed by atoms with E-state index < -0.39 is 22.6 Å². The van der Waals surface area contributed by atoms with Gasteiger partial charge in [0.05, 0.1) is 5.69 Å². The lowest BCUT2D eigenvalue weighted by Gasteiger charge is -2.09. The standard InChI is InChI=1S/C13H9Cl2FN2O2/c14-11-8(10(17)9(16)12(15)18-11)13(19)20-6-7-4-2-1-3-5-7/h1-5H,6H2,(H2,17,18). The molecule has 0 atom stereocenters. The summed E-state index contributed by atoms with van der Waals surface area (Å²) in [5.74, 6) is -1.86. The molecule has 0 unspecified atom stereocenters. The molecule has 0 amide bonds. The van der Waals surface area contributed by atoms with E-state index in [-0.39, 0.29) is 17.3 Å². The molecular formula is C13H9Cl2FN2O2. The van der Waals surface area contributed by atoms with Gasteiger partial charge in [-0.25, -0.2) is 14.2 Å². The number of esters is 1. The lowest BCUT2D eigenvalue weighted by atomic mass is 10.2. The molecule has 1 aromatic heterocycles. The maximum Gasteiger partial charge on any atom is 0.343 e. The summed E-state index contributed by atoms with van der Waals surface area (Å²) in [6, 6.07) is 8.98. The highest BCUT2D eigenvalue weighted by Crippen LogP contribution is 2.28. The quantitative estimate of drug-likeness (QED) is 0.696. The van der Waals surface area contributed by atoms with Crippen molar-refractivity contribution in [1.29, 1.82) is 0 Å². The van der Waals surface area contributed by atoms with E-state index in [4.69, 9.17) is 33.7 Å². The smallest absolute Gasteiger partial charge is 0.343 e. The number of ether oxygens (including phenoxy) is 1. The van der Waals surface area contributed by atoms with Gasteiger partial charge in [-0.2, -0.15) is 0 Å². The van der Waals surface area contributed by atoms with Gasteiger partial charge in [-0.1, -0.05) is 53.5 Å². The van der Waals surface area contributed by atoms with E-state index in [1.807, 2.05) is 6.07 Å². The van der Waals surface area contributed by atoms with Gasteiger partial charge in [0.2, 0.25) is 0 Å². The molecule has 0 saturated heterocycles. The van der Waals surface area contributed by atoms with E-state index in [1.54, 1.807) is 24.3 Å². The van der Waals surface area contributed by atoms with Crippen LogP contribution in [0, 0.1) is 5.82 Å². The normalized spacial score (nSPS) is 10.3. The van der Waals surface area contributed by atoms with Gasteiger partial charge in [0.1, 0.15) is 17.3 Å². The zero-order valence-electron chi connectivity index (χ0n) is 10.1. The van der Waals surface area contributed by atoms with E-state index in [2.05, 4.69) is 4.98 Å². The third-order valence-electron chi connectivity index (χ3n) is 2.51. The Morgan fingerprint density at radius 1 is 1.25 bits per heavy atom. The number of anilines is 1. The van der Waals surface area contributed by atoms with Crippen LogP contribution in [0.15, 0.2) is 30.3 Å². The number of rotatable bonds is 3. The molecule has 2 rings (SSSR count). The van der Waals surface area contributed by atoms with Crippen LogP contribution in [0.25, 0.3) is 0 Å². The molecule has 0 bridgehead atoms. The second-order valence-corrected chi connectivity index (χ2v) is 4.57. The van der Waals surface area contributed by atoms with E-state index in [0.29, 0.717) is 0 Å². The van der Waals surface area contributed by atoms with Gasteiger partial charge in [-0.15, -0.1) is 0 Å². The number of halogens is 3. The summed E-state index contributed by atoms with van der Waals surface area (Å²) in [5.41, 5.74) is 5.44. The number of benzene rings is 1. The van der Waals surface area contributed by atoms with Gasteiger partial charge in [-0.3, -0.25) is 0 Å². The van der Waals surface area contributed by atoms with Gasteiger partial charge < -0.3 is 10.5 Å². The van der Waals surface area contributed by atoms with Gasteiger partial charge in [0.15, 0.2) is 11.0 Å². The number of nitrogens with two attached hydrogens (primary N) is 1. The number of carbonyl (C=O) groups is 1. The van der Waals surface area contributed by atoms with Crippen LogP contribution < -0.4 is 5.73 Å². The zero-order chi connectivity index (χ0) is 14.7. The van der Waals surface area contributed by atoms with Crippen molar-refractivity contribution in [2.24, 2.45) is 0 Å². The summed E-state index contributed by atoms with van der Waals surface area (Å²) in [4.78, 5) is 15.4. The molecule has 0 aliphatic carbocycles. The minimum Gasteiger partial charge on any atom is -0.457 e. The van der Waals surface area contributed by atoms with Crippen LogP contribution in [0.5, 0.6) is 0 Å². The van der Waals surface area contributed by atoms with Gasteiger partial charge in [0, 0.05) is 0 Å². The summed E-state index contributed by atoms with van der Waals surface area (Å²) in [6.45, 7) is 0.0136. The highest BCUT2D eigenvalue weighted by atomic mass is 35.5. The molecule has 1 heterocycles. The second-order valence-electron chi connectivity index (χ2n) is 3.86. The Balaban J connectivity index is 2.20. The largest absolute Gasteiger partial charge is 0.457 e. The first-order valence-corrected chi connectivity index (χ1v) is 6.27. The molecule has 2 N–H and O–H groups in total. The van der Waals surface area contributed by atoms with E-state index >= 15 is 0 Å². The number of nitrogens with zero attached hydrogens (tertiary/aromatic N) is 1. The maximum absolute atomic E-state index is 13.5. The van der Waals surface area contributed by atoms with Crippen LogP contribution in [0.1, 0.15) is 15.9 Å². The van der Waals surface area contributed by atoms with Crippen LogP contribution in [-0.2, 0) is 11.3 Å². The van der Waals surface area contributed by atoms with Crippen LogP contribution in [0.2, 0.25) is 10.3 Å². The lowest BCUT2D eigenvalue weighted by molar-refractivity contribution is 0.0473. The molecule has 0 fully saturated rings. The molecule has 0 aliphatic rings. The monoisotopic (exact) mass is 314 g/mol. The fourth-order valence-electron chi connectivity index (χ4n) is 1.51. The highest BCUT2D eigenvalue weighted by molar-refractivity contribution is 6.35. The van der Waals surface area contributed by atoms with Crippen molar-refractivity contribution < 1.29 is 13.9 Å². The van der Waals surface area contributed by atoms with Gasteiger partial charge in [0.25, 0.3) is 0 Å². The average Bonchev–Trinajstić information content (AvgIpc) is 2.44. The first-order chi connectivity index (χ1) is 9.50. The predicted octanol–water partition coefficient (Wildman–Crippen LogP) is 3.47. The summed E-state index contributed by atoms with van der Waals surface area (Å²) in [6.07, 6.45) is 0. The fraction of sp³-hybridized carbons (Fsp3) is 0.0769. The Hall–Kier alpha value is -1.85. The molecular weight excluding hydrogens is 306 g/mol. The highest BCUT2D eigenvalue weighted by Gasteiger charge is 2.22. The molecule has 20 heavy (non-hydrogen) atoms. The molecule has 2 aromatic rings. The van der Waals surface area contributed by atoms with Gasteiger partial charge >= 0.3 is 5.97 Å². The number of pyridine rings is 1. The third kappa shape index (κ3) is 3.00. The van der Waals surface area contributed by atoms with Crippen LogP contribution >= 0.6 is 23.2 Å². The Labute approximate surface area is 124 Å². The minimum absolute atomic E-state index is 0.0136. The predicted molar refractivity (Wildman–Crippen MR) is 74.2 cm³/mol. The number of hydrogen-bond donors (Lipinski definition) is 1. The van der Waals surface area contributed by atoms with Crippen LogP contribution in [-0.4, -0.2) is 11.0 Å². The summed E-state index contributed by atoms with van der Waals surface area (Å²) < 4.78 is 18.5. The van der Waals surface area contributed by atoms with E-state index in [9.17, 15) is 9.18 Å². The van der Waals surface area contributed by atoms with Gasteiger partial charge in [-0.05, 0) is 5.56 Å². The molecule has 7 heteroatoms. The van der Waals surface area contributed by atoms with Crippen molar-refractivity contribution in [2.75, 3.05) is 5.73 Å². The zero-order valence-corrected chi connectivity index (χ0v) is 11.6. The summed E-state index contributed by atoms with van der Waals surface area (Å²) in [5, 5.41) is -0.793. The lowest BCUT2D eigenvalue weighted by Crippen LogP contribution is -2.12. The fourth-order valence-corrected chi connectivity index (χ4v) is 2.01. The summed E-state index contributed by atoms with van der Waals surface area (Å²) >= 11 is 11.2. The molecule has 104 valence electrons. The minimum atomic E-state index is -0.997. The summed E-state index contributed by atoms with van der Waals surface area (Å²) in [7, 11) is 0. The molecule has 0 spiro atoms. The van der Waals surface area contributed by atoms with Crippen LogP contribution in [0.4, 0.5) is 10.1 Å². The SMILES string of the molecule is Nc1c(F)c(Cl)nc(Cl)c1C(=O)OCc1ccccc1. The Bertz CT molecular complexity index is 651. The number of aromatic nitrogens is 1. The number of hydrogen-bond acceptors (Lipinski definition) is 4. The van der Waals surface area contributed by atoms with Crippen molar-refractivity contribution >= 4 is 34.9 Å². The first kappa shape index (κ1) is 14.6. The molecule has 0 saturated carbocycles. The van der Waals surface area contributed by atoms with Crippen molar-refractivity contribution in [2.45, 2.75) is 6.61 Å². The Morgan fingerprint density at radius 3 is 2.55 bits per heavy atom.